The first-order valence-corrected chi connectivity index (χ1v) is 8.08. The van der Waals surface area contributed by atoms with E-state index in [1.54, 1.807) is 17.0 Å². The molecule has 1 N–H and O–H groups in total. The van der Waals surface area contributed by atoms with Gasteiger partial charge in [0.25, 0.3) is 0 Å². The summed E-state index contributed by atoms with van der Waals surface area (Å²) in [5, 5.41) is 2.92. The molecule has 1 aromatic carbocycles. The Morgan fingerprint density at radius 2 is 2.00 bits per heavy atom. The van der Waals surface area contributed by atoms with Crippen molar-refractivity contribution in [3.8, 4) is 0 Å². The highest BCUT2D eigenvalue weighted by molar-refractivity contribution is 5.83. The van der Waals surface area contributed by atoms with Crippen molar-refractivity contribution >= 4 is 11.6 Å². The summed E-state index contributed by atoms with van der Waals surface area (Å²) >= 11 is 0. The highest BCUT2D eigenvalue weighted by atomic mass is 19.1. The lowest BCUT2D eigenvalue weighted by Crippen LogP contribution is -2.36. The SMILES string of the molecule is Cc1ccn2cc(CNC(=O)C(c3ccc(F)cc3)N(C)C)nc2c1. The molecule has 1 amide bonds. The van der Waals surface area contributed by atoms with E-state index in [0.29, 0.717) is 6.54 Å². The van der Waals surface area contributed by atoms with E-state index >= 15 is 0 Å². The molecule has 25 heavy (non-hydrogen) atoms. The van der Waals surface area contributed by atoms with Gasteiger partial charge < -0.3 is 9.72 Å². The van der Waals surface area contributed by atoms with E-state index in [9.17, 15) is 9.18 Å². The Morgan fingerprint density at radius 1 is 1.28 bits per heavy atom. The van der Waals surface area contributed by atoms with Crippen LogP contribution in [0.4, 0.5) is 4.39 Å². The number of nitrogens with one attached hydrogen (secondary N) is 1. The van der Waals surface area contributed by atoms with Crippen molar-refractivity contribution in [2.24, 2.45) is 0 Å². The second kappa shape index (κ2) is 7.03. The summed E-state index contributed by atoms with van der Waals surface area (Å²) in [7, 11) is 3.64. The Kier molecular flexibility index (Phi) is 4.81. The predicted octanol–water partition coefficient (Wildman–Crippen LogP) is 2.70. The monoisotopic (exact) mass is 340 g/mol. The Labute approximate surface area is 146 Å². The smallest absolute Gasteiger partial charge is 0.242 e. The van der Waals surface area contributed by atoms with Crippen LogP contribution in [0.15, 0.2) is 48.8 Å². The van der Waals surface area contributed by atoms with Crippen molar-refractivity contribution in [3.05, 3.63) is 71.4 Å². The van der Waals surface area contributed by atoms with E-state index < -0.39 is 6.04 Å². The number of carbonyl (C=O) groups excluding carboxylic acids is 1. The number of benzene rings is 1. The van der Waals surface area contributed by atoms with Crippen LogP contribution in [-0.2, 0) is 11.3 Å². The number of fused-ring (bicyclic) bond motifs is 1. The number of hydrogen-bond acceptors (Lipinski definition) is 3. The summed E-state index contributed by atoms with van der Waals surface area (Å²) in [6.07, 6.45) is 3.85. The Balaban J connectivity index is 1.73. The fraction of sp³-hybridized carbons (Fsp3) is 0.263. The van der Waals surface area contributed by atoms with Gasteiger partial charge in [-0.3, -0.25) is 9.69 Å². The molecule has 2 heterocycles. The third kappa shape index (κ3) is 3.85. The summed E-state index contributed by atoms with van der Waals surface area (Å²) in [5.74, 6) is -0.466. The number of hydrogen-bond donors (Lipinski definition) is 1. The number of pyridine rings is 1. The van der Waals surface area contributed by atoms with Gasteiger partial charge in [-0.05, 0) is 56.4 Å². The Hall–Kier alpha value is -2.73. The minimum absolute atomic E-state index is 0.148. The molecule has 0 spiro atoms. The van der Waals surface area contributed by atoms with Crippen molar-refractivity contribution in [2.75, 3.05) is 14.1 Å². The van der Waals surface area contributed by atoms with Gasteiger partial charge in [-0.1, -0.05) is 12.1 Å². The number of aryl methyl sites for hydroxylation is 1. The van der Waals surface area contributed by atoms with E-state index in [0.717, 1.165) is 22.5 Å². The van der Waals surface area contributed by atoms with Gasteiger partial charge in [0.2, 0.25) is 5.91 Å². The Morgan fingerprint density at radius 3 is 2.68 bits per heavy atom. The molecule has 2 aromatic heterocycles. The predicted molar refractivity (Wildman–Crippen MR) is 94.6 cm³/mol. The van der Waals surface area contributed by atoms with Gasteiger partial charge in [0, 0.05) is 12.4 Å². The maximum Gasteiger partial charge on any atom is 0.242 e. The molecule has 0 saturated carbocycles. The van der Waals surface area contributed by atoms with E-state index in [-0.39, 0.29) is 11.7 Å². The zero-order valence-electron chi connectivity index (χ0n) is 14.5. The van der Waals surface area contributed by atoms with Gasteiger partial charge in [0.05, 0.1) is 12.2 Å². The minimum atomic E-state index is -0.486. The van der Waals surface area contributed by atoms with Crippen molar-refractivity contribution in [1.29, 1.82) is 0 Å². The van der Waals surface area contributed by atoms with Gasteiger partial charge >= 0.3 is 0 Å². The van der Waals surface area contributed by atoms with Gasteiger partial charge in [0.1, 0.15) is 17.5 Å². The topological polar surface area (TPSA) is 49.6 Å². The van der Waals surface area contributed by atoms with Gasteiger partial charge in [0.15, 0.2) is 0 Å². The third-order valence-corrected chi connectivity index (χ3v) is 4.06. The Bertz CT molecular complexity index is 886. The number of aromatic nitrogens is 2. The van der Waals surface area contributed by atoms with Crippen LogP contribution in [0.1, 0.15) is 22.9 Å². The van der Waals surface area contributed by atoms with Crippen LogP contribution in [0, 0.1) is 12.7 Å². The fourth-order valence-electron chi connectivity index (χ4n) is 2.82. The zero-order chi connectivity index (χ0) is 18.0. The van der Waals surface area contributed by atoms with E-state index in [2.05, 4.69) is 10.3 Å². The number of imidazole rings is 1. The molecule has 0 aliphatic carbocycles. The molecule has 0 saturated heterocycles. The molecule has 0 aliphatic rings. The molecule has 130 valence electrons. The molecule has 0 radical (unpaired) electrons. The number of rotatable bonds is 5. The van der Waals surface area contributed by atoms with E-state index in [4.69, 9.17) is 0 Å². The van der Waals surface area contributed by atoms with Crippen LogP contribution in [0.3, 0.4) is 0 Å². The second-order valence-corrected chi connectivity index (χ2v) is 6.34. The quantitative estimate of drug-likeness (QED) is 0.777. The van der Waals surface area contributed by atoms with Gasteiger partial charge in [-0.2, -0.15) is 0 Å². The van der Waals surface area contributed by atoms with Crippen LogP contribution in [0.2, 0.25) is 0 Å². The van der Waals surface area contributed by atoms with Crippen LogP contribution in [0.5, 0.6) is 0 Å². The summed E-state index contributed by atoms with van der Waals surface area (Å²) in [4.78, 5) is 19.0. The molecule has 3 aromatic rings. The van der Waals surface area contributed by atoms with Crippen molar-refractivity contribution in [1.82, 2.24) is 19.6 Å². The fourth-order valence-corrected chi connectivity index (χ4v) is 2.82. The van der Waals surface area contributed by atoms with Crippen molar-refractivity contribution in [2.45, 2.75) is 19.5 Å². The van der Waals surface area contributed by atoms with Crippen LogP contribution < -0.4 is 5.32 Å². The second-order valence-electron chi connectivity index (χ2n) is 6.34. The molecular weight excluding hydrogens is 319 g/mol. The first-order chi connectivity index (χ1) is 11.9. The van der Waals surface area contributed by atoms with Crippen molar-refractivity contribution < 1.29 is 9.18 Å². The normalized spacial score (nSPS) is 12.5. The summed E-state index contributed by atoms with van der Waals surface area (Å²) in [6.45, 7) is 2.35. The number of halogens is 1. The summed E-state index contributed by atoms with van der Waals surface area (Å²) < 4.78 is 15.1. The highest BCUT2D eigenvalue weighted by Crippen LogP contribution is 2.19. The van der Waals surface area contributed by atoms with Gasteiger partial charge in [-0.25, -0.2) is 9.37 Å². The molecule has 3 rings (SSSR count). The number of likely N-dealkylation sites (N-methyl/N-ethyl adjacent to an activating group) is 1. The molecule has 5 nitrogen and oxygen atoms in total. The van der Waals surface area contributed by atoms with Crippen LogP contribution in [0.25, 0.3) is 5.65 Å². The average Bonchev–Trinajstić information content (AvgIpc) is 2.96. The number of carbonyl (C=O) groups is 1. The van der Waals surface area contributed by atoms with Crippen LogP contribution in [-0.4, -0.2) is 34.3 Å². The molecule has 0 bridgehead atoms. The summed E-state index contributed by atoms with van der Waals surface area (Å²) in [6, 6.07) is 9.51. The minimum Gasteiger partial charge on any atom is -0.349 e. The zero-order valence-corrected chi connectivity index (χ0v) is 14.5. The van der Waals surface area contributed by atoms with Crippen LogP contribution >= 0.6 is 0 Å². The maximum absolute atomic E-state index is 13.1. The van der Waals surface area contributed by atoms with E-state index in [1.165, 1.54) is 12.1 Å². The largest absolute Gasteiger partial charge is 0.349 e. The standard InChI is InChI=1S/C19H21FN4O/c1-13-8-9-24-12-16(22-17(24)10-13)11-21-19(25)18(23(2)3)14-4-6-15(20)7-5-14/h4-10,12,18H,11H2,1-3H3,(H,21,25). The maximum atomic E-state index is 13.1. The lowest BCUT2D eigenvalue weighted by atomic mass is 10.1. The summed E-state index contributed by atoms with van der Waals surface area (Å²) in [5.41, 5.74) is 3.52. The molecule has 0 fully saturated rings. The average molecular weight is 340 g/mol. The molecule has 0 aliphatic heterocycles. The molecule has 6 heteroatoms. The molecule has 1 atom stereocenters. The molecule has 1 unspecified atom stereocenters. The number of nitrogens with zero attached hydrogens (tertiary/aromatic N) is 3. The first kappa shape index (κ1) is 17.1. The van der Waals surface area contributed by atoms with E-state index in [1.807, 2.05) is 49.9 Å². The molecular formula is C19H21FN4O. The lowest BCUT2D eigenvalue weighted by molar-refractivity contribution is -0.126. The van der Waals surface area contributed by atoms with Crippen molar-refractivity contribution in [3.63, 3.8) is 0 Å². The van der Waals surface area contributed by atoms with Gasteiger partial charge in [-0.15, -0.1) is 0 Å². The lowest BCUT2D eigenvalue weighted by Gasteiger charge is -2.23. The highest BCUT2D eigenvalue weighted by Gasteiger charge is 2.22. The first-order valence-electron chi connectivity index (χ1n) is 8.08. The number of amides is 1. The third-order valence-electron chi connectivity index (χ3n) is 4.06.